The van der Waals surface area contributed by atoms with E-state index in [-0.39, 0.29) is 6.04 Å². The van der Waals surface area contributed by atoms with Crippen molar-refractivity contribution in [3.63, 3.8) is 0 Å². The molecule has 0 amide bonds. The molecule has 2 rings (SSSR count). The minimum atomic E-state index is 0.281. The Balaban J connectivity index is 1.94. The maximum atomic E-state index is 7.13. The zero-order chi connectivity index (χ0) is 9.10. The highest BCUT2D eigenvalue weighted by Gasteiger charge is 2.37. The van der Waals surface area contributed by atoms with Crippen LogP contribution in [0, 0.1) is 18.4 Å². The molecule has 0 aromatic carbocycles. The molecule has 2 aliphatic rings. The molecule has 1 N–H and O–H groups in total. The van der Waals surface area contributed by atoms with E-state index in [0.717, 1.165) is 19.0 Å². The number of hydrogen-bond donors (Lipinski definition) is 1. The summed E-state index contributed by atoms with van der Waals surface area (Å²) in [5, 5.41) is 3.36. The molecule has 2 atom stereocenters. The summed E-state index contributed by atoms with van der Waals surface area (Å²) in [7, 11) is 0. The second-order valence-corrected chi connectivity index (χ2v) is 4.42. The topological polar surface area (TPSA) is 16.4 Å². The van der Waals surface area contributed by atoms with E-state index in [0.29, 0.717) is 5.92 Å². The quantitative estimate of drug-likeness (QED) is 0.608. The molecular weight excluding hydrogens is 160 g/mol. The molecule has 1 aliphatic carbocycles. The molecule has 1 aliphatic heterocycles. The third-order valence-corrected chi connectivity index (χ3v) is 3.65. The minimum Gasteiger partial charge on any atom is -0.312 e. The van der Waals surface area contributed by atoms with E-state index >= 15 is 0 Å². The molecule has 0 aromatic heterocycles. The van der Waals surface area contributed by atoms with E-state index in [1.165, 1.54) is 32.1 Å². The Labute approximate surface area is 80.5 Å². The van der Waals surface area contributed by atoms with E-state index in [1.54, 1.807) is 0 Å². The predicted octanol–water partition coefficient (Wildman–Crippen LogP) is 2.07. The first-order valence-electron chi connectivity index (χ1n) is 5.49. The Morgan fingerprint density at radius 3 is 2.54 bits per heavy atom. The summed E-state index contributed by atoms with van der Waals surface area (Å²) in [4.78, 5) is 3.73. The van der Waals surface area contributed by atoms with Crippen molar-refractivity contribution in [3.8, 4) is 0 Å². The molecular formula is C11H18N2. The van der Waals surface area contributed by atoms with Crippen LogP contribution in [0.3, 0.4) is 0 Å². The molecule has 0 radical (unpaired) electrons. The van der Waals surface area contributed by atoms with Gasteiger partial charge in [-0.05, 0) is 18.8 Å². The van der Waals surface area contributed by atoms with Gasteiger partial charge in [0.25, 0.3) is 0 Å². The Kier molecular flexibility index (Phi) is 2.85. The highest BCUT2D eigenvalue weighted by Crippen LogP contribution is 2.34. The molecule has 13 heavy (non-hydrogen) atoms. The third-order valence-electron chi connectivity index (χ3n) is 3.65. The zero-order valence-electron chi connectivity index (χ0n) is 8.13. The van der Waals surface area contributed by atoms with Gasteiger partial charge in [0.15, 0.2) is 0 Å². The van der Waals surface area contributed by atoms with Gasteiger partial charge in [-0.2, -0.15) is 0 Å². The van der Waals surface area contributed by atoms with Crippen molar-refractivity contribution in [2.75, 3.05) is 13.1 Å². The maximum Gasteiger partial charge on any atom is 0.240 e. The molecule has 1 heterocycles. The summed E-state index contributed by atoms with van der Waals surface area (Å²) in [5.74, 6) is 1.51. The summed E-state index contributed by atoms with van der Waals surface area (Å²) in [6.07, 6.45) is 6.95. The average Bonchev–Trinajstić information content (AvgIpc) is 2.67. The summed E-state index contributed by atoms with van der Waals surface area (Å²) in [5.41, 5.74) is 0. The lowest BCUT2D eigenvalue weighted by Crippen LogP contribution is -2.26. The first kappa shape index (κ1) is 9.02. The van der Waals surface area contributed by atoms with Crippen LogP contribution in [0.1, 0.15) is 32.1 Å². The van der Waals surface area contributed by atoms with Gasteiger partial charge in [0.1, 0.15) is 0 Å². The van der Waals surface area contributed by atoms with Gasteiger partial charge in [-0.25, -0.2) is 6.57 Å². The van der Waals surface area contributed by atoms with Crippen LogP contribution < -0.4 is 5.32 Å². The van der Waals surface area contributed by atoms with Crippen molar-refractivity contribution < 1.29 is 0 Å². The second-order valence-electron chi connectivity index (χ2n) is 4.42. The van der Waals surface area contributed by atoms with Crippen LogP contribution in [0.15, 0.2) is 0 Å². The summed E-state index contributed by atoms with van der Waals surface area (Å²) in [6, 6.07) is 0.281. The third kappa shape index (κ3) is 1.86. The van der Waals surface area contributed by atoms with Gasteiger partial charge in [-0.3, -0.25) is 0 Å². The zero-order valence-corrected chi connectivity index (χ0v) is 8.13. The fourth-order valence-electron chi connectivity index (χ4n) is 2.87. The Hall–Kier alpha value is -0.550. The fourth-order valence-corrected chi connectivity index (χ4v) is 2.87. The first-order chi connectivity index (χ1) is 6.42. The van der Waals surface area contributed by atoms with Gasteiger partial charge in [0.2, 0.25) is 6.04 Å². The van der Waals surface area contributed by atoms with Crippen LogP contribution >= 0.6 is 0 Å². The lowest BCUT2D eigenvalue weighted by Gasteiger charge is -2.26. The molecule has 1 saturated heterocycles. The van der Waals surface area contributed by atoms with Gasteiger partial charge in [-0.15, -0.1) is 0 Å². The van der Waals surface area contributed by atoms with Crippen LogP contribution in [-0.2, 0) is 0 Å². The monoisotopic (exact) mass is 178 g/mol. The van der Waals surface area contributed by atoms with Gasteiger partial charge < -0.3 is 10.2 Å². The second kappa shape index (κ2) is 4.11. The van der Waals surface area contributed by atoms with Crippen LogP contribution in [0.2, 0.25) is 0 Å². The highest BCUT2D eigenvalue weighted by atomic mass is 15.0. The van der Waals surface area contributed by atoms with Crippen LogP contribution in [0.5, 0.6) is 0 Å². The van der Waals surface area contributed by atoms with Crippen LogP contribution in [-0.4, -0.2) is 19.1 Å². The summed E-state index contributed by atoms with van der Waals surface area (Å²) < 4.78 is 0. The van der Waals surface area contributed by atoms with E-state index in [2.05, 4.69) is 10.2 Å². The molecule has 0 bridgehead atoms. The fraction of sp³-hybridized carbons (Fsp3) is 0.909. The summed E-state index contributed by atoms with van der Waals surface area (Å²) >= 11 is 0. The van der Waals surface area contributed by atoms with Crippen molar-refractivity contribution in [1.29, 1.82) is 0 Å². The Bertz CT molecular complexity index is 201. The minimum absolute atomic E-state index is 0.281. The van der Waals surface area contributed by atoms with Crippen LogP contribution in [0.4, 0.5) is 0 Å². The van der Waals surface area contributed by atoms with E-state index in [4.69, 9.17) is 6.57 Å². The average molecular weight is 178 g/mol. The number of nitrogens with zero attached hydrogens (tertiary/aromatic N) is 1. The standard InChI is InChI=1S/C11H18N2/c1-12-11-8-13-7-10(11)9-5-3-2-4-6-9/h9-11,13H,2-8H2/t10-,11+/m1/s1. The van der Waals surface area contributed by atoms with Crippen molar-refractivity contribution in [2.45, 2.75) is 38.1 Å². The van der Waals surface area contributed by atoms with Crippen molar-refractivity contribution in [3.05, 3.63) is 11.4 Å². The first-order valence-corrected chi connectivity index (χ1v) is 5.49. The summed E-state index contributed by atoms with van der Waals surface area (Å²) in [6.45, 7) is 9.16. The van der Waals surface area contributed by atoms with Crippen molar-refractivity contribution >= 4 is 0 Å². The van der Waals surface area contributed by atoms with Gasteiger partial charge >= 0.3 is 0 Å². The molecule has 2 heteroatoms. The molecule has 0 spiro atoms. The molecule has 0 aromatic rings. The lowest BCUT2D eigenvalue weighted by molar-refractivity contribution is 0.257. The van der Waals surface area contributed by atoms with E-state index in [9.17, 15) is 0 Å². The van der Waals surface area contributed by atoms with Gasteiger partial charge in [-0.1, -0.05) is 19.3 Å². The normalized spacial score (nSPS) is 35.9. The Morgan fingerprint density at radius 2 is 1.85 bits per heavy atom. The largest absolute Gasteiger partial charge is 0.312 e. The molecule has 2 fully saturated rings. The molecule has 72 valence electrons. The van der Waals surface area contributed by atoms with E-state index < -0.39 is 0 Å². The van der Waals surface area contributed by atoms with Gasteiger partial charge in [0, 0.05) is 6.54 Å². The maximum absolute atomic E-state index is 7.13. The van der Waals surface area contributed by atoms with E-state index in [1.807, 2.05) is 0 Å². The predicted molar refractivity (Wildman–Crippen MR) is 53.3 cm³/mol. The van der Waals surface area contributed by atoms with Crippen molar-refractivity contribution in [1.82, 2.24) is 5.32 Å². The van der Waals surface area contributed by atoms with Crippen LogP contribution in [0.25, 0.3) is 4.85 Å². The highest BCUT2D eigenvalue weighted by molar-refractivity contribution is 4.97. The number of rotatable bonds is 1. The lowest BCUT2D eigenvalue weighted by atomic mass is 9.78. The van der Waals surface area contributed by atoms with Crippen molar-refractivity contribution in [2.24, 2.45) is 11.8 Å². The molecule has 1 saturated carbocycles. The Morgan fingerprint density at radius 1 is 1.08 bits per heavy atom. The molecule has 2 nitrogen and oxygen atoms in total. The number of hydrogen-bond acceptors (Lipinski definition) is 1. The number of nitrogens with one attached hydrogen (secondary N) is 1. The SMILES string of the molecule is [C-]#[N+][C@H]1CNC[C@@H]1C1CCCCC1. The smallest absolute Gasteiger partial charge is 0.240 e. The van der Waals surface area contributed by atoms with Gasteiger partial charge in [0.05, 0.1) is 12.5 Å². The molecule has 0 unspecified atom stereocenters.